The van der Waals surface area contributed by atoms with Crippen molar-refractivity contribution in [3.8, 4) is 12.3 Å². The van der Waals surface area contributed by atoms with Gasteiger partial charge in [-0.05, 0) is 18.8 Å². The van der Waals surface area contributed by atoms with E-state index in [9.17, 15) is 5.11 Å². The van der Waals surface area contributed by atoms with Gasteiger partial charge in [0, 0.05) is 6.54 Å². The average Bonchev–Trinajstić information content (AvgIpc) is 1.84. The molecule has 0 aromatic carbocycles. The molecule has 2 nitrogen and oxygen atoms in total. The first-order valence-corrected chi connectivity index (χ1v) is 4.17. The molecule has 2 heteroatoms. The summed E-state index contributed by atoms with van der Waals surface area (Å²) in [5, 5.41) is 12.5. The first kappa shape index (κ1) is 8.58. The summed E-state index contributed by atoms with van der Waals surface area (Å²) in [7, 11) is 0. The van der Waals surface area contributed by atoms with Crippen LogP contribution in [0, 0.1) is 18.3 Å². The van der Waals surface area contributed by atoms with Crippen LogP contribution in [0.5, 0.6) is 0 Å². The molecule has 0 bridgehead atoms. The maximum atomic E-state index is 9.46. The fourth-order valence-corrected chi connectivity index (χ4v) is 1.28. The van der Waals surface area contributed by atoms with Gasteiger partial charge in [-0.3, -0.25) is 0 Å². The Bertz CT molecular complexity index is 146. The lowest BCUT2D eigenvalue weighted by Crippen LogP contribution is -2.36. The Kier molecular flexibility index (Phi) is 3.41. The predicted molar refractivity (Wildman–Crippen MR) is 45.1 cm³/mol. The molecule has 1 atom stereocenters. The second kappa shape index (κ2) is 4.38. The van der Waals surface area contributed by atoms with Crippen LogP contribution in [0.15, 0.2) is 0 Å². The quantitative estimate of drug-likeness (QED) is 0.452. The van der Waals surface area contributed by atoms with Crippen molar-refractivity contribution >= 4 is 0 Å². The van der Waals surface area contributed by atoms with Gasteiger partial charge in [-0.2, -0.15) is 0 Å². The fourth-order valence-electron chi connectivity index (χ4n) is 1.28. The molecule has 1 aliphatic rings. The molecular formula is C9H15NO. The minimum atomic E-state index is -0.183. The second-order valence-electron chi connectivity index (χ2n) is 3.09. The van der Waals surface area contributed by atoms with Crippen LogP contribution in [0.3, 0.4) is 0 Å². The van der Waals surface area contributed by atoms with Gasteiger partial charge in [-0.15, -0.1) is 6.42 Å². The standard InChI is InChI=1S/C9H15NO/c1-2-6-10-7-9(11)8-4-3-5-8/h1,8-11H,3-7H2. The maximum Gasteiger partial charge on any atom is 0.0693 e. The minimum Gasteiger partial charge on any atom is -0.392 e. The number of hydrogen-bond donors (Lipinski definition) is 2. The first-order valence-electron chi connectivity index (χ1n) is 4.17. The lowest BCUT2D eigenvalue weighted by Gasteiger charge is -2.30. The van der Waals surface area contributed by atoms with Crippen LogP contribution in [0.1, 0.15) is 19.3 Å². The van der Waals surface area contributed by atoms with E-state index in [-0.39, 0.29) is 6.10 Å². The monoisotopic (exact) mass is 153 g/mol. The highest BCUT2D eigenvalue weighted by molar-refractivity contribution is 4.87. The molecule has 0 saturated heterocycles. The van der Waals surface area contributed by atoms with Crippen LogP contribution < -0.4 is 5.32 Å². The van der Waals surface area contributed by atoms with Gasteiger partial charge < -0.3 is 10.4 Å². The van der Waals surface area contributed by atoms with Gasteiger partial charge in [0.05, 0.1) is 12.6 Å². The van der Waals surface area contributed by atoms with E-state index in [2.05, 4.69) is 11.2 Å². The van der Waals surface area contributed by atoms with Crippen LogP contribution in [0.25, 0.3) is 0 Å². The van der Waals surface area contributed by atoms with E-state index < -0.39 is 0 Å². The van der Waals surface area contributed by atoms with Crippen LogP contribution in [0.2, 0.25) is 0 Å². The van der Waals surface area contributed by atoms with Crippen LogP contribution in [0.4, 0.5) is 0 Å². The summed E-state index contributed by atoms with van der Waals surface area (Å²) < 4.78 is 0. The summed E-state index contributed by atoms with van der Waals surface area (Å²) in [5.41, 5.74) is 0. The van der Waals surface area contributed by atoms with Crippen molar-refractivity contribution in [1.29, 1.82) is 0 Å². The molecule has 2 N–H and O–H groups in total. The van der Waals surface area contributed by atoms with Crippen LogP contribution in [-0.4, -0.2) is 24.3 Å². The summed E-state index contributed by atoms with van der Waals surface area (Å²) in [4.78, 5) is 0. The number of rotatable bonds is 4. The van der Waals surface area contributed by atoms with E-state index in [1.165, 1.54) is 19.3 Å². The zero-order valence-electron chi connectivity index (χ0n) is 6.71. The molecule has 0 aromatic rings. The Morgan fingerprint density at radius 3 is 2.82 bits per heavy atom. The van der Waals surface area contributed by atoms with E-state index in [0.29, 0.717) is 19.0 Å². The van der Waals surface area contributed by atoms with E-state index in [0.717, 1.165) is 0 Å². The molecule has 0 radical (unpaired) electrons. The molecule has 1 fully saturated rings. The number of terminal acetylenes is 1. The molecule has 0 amide bonds. The average molecular weight is 153 g/mol. The third kappa shape index (κ3) is 2.53. The van der Waals surface area contributed by atoms with Gasteiger partial charge in [-0.1, -0.05) is 12.3 Å². The van der Waals surface area contributed by atoms with E-state index in [4.69, 9.17) is 6.42 Å². The zero-order chi connectivity index (χ0) is 8.10. The normalized spacial score (nSPS) is 20.4. The van der Waals surface area contributed by atoms with Crippen LogP contribution >= 0.6 is 0 Å². The molecular weight excluding hydrogens is 138 g/mol. The van der Waals surface area contributed by atoms with E-state index >= 15 is 0 Å². The van der Waals surface area contributed by atoms with Gasteiger partial charge in [0.15, 0.2) is 0 Å². The van der Waals surface area contributed by atoms with E-state index in [1.807, 2.05) is 0 Å². The molecule has 1 unspecified atom stereocenters. The third-order valence-corrected chi connectivity index (χ3v) is 2.27. The smallest absolute Gasteiger partial charge is 0.0693 e. The molecule has 0 spiro atoms. The summed E-state index contributed by atoms with van der Waals surface area (Å²) in [6.07, 6.45) is 8.49. The lowest BCUT2D eigenvalue weighted by atomic mass is 9.81. The molecule has 0 heterocycles. The molecule has 0 aromatic heterocycles. The summed E-state index contributed by atoms with van der Waals surface area (Å²) in [6.45, 7) is 1.21. The predicted octanol–water partition coefficient (Wildman–Crippen LogP) is 0.370. The molecule has 0 aliphatic heterocycles. The molecule has 62 valence electrons. The Morgan fingerprint density at radius 2 is 2.36 bits per heavy atom. The van der Waals surface area contributed by atoms with Crippen molar-refractivity contribution in [3.05, 3.63) is 0 Å². The van der Waals surface area contributed by atoms with Crippen molar-refractivity contribution in [2.75, 3.05) is 13.1 Å². The molecule has 1 rings (SSSR count). The molecule has 11 heavy (non-hydrogen) atoms. The van der Waals surface area contributed by atoms with Crippen molar-refractivity contribution in [2.45, 2.75) is 25.4 Å². The minimum absolute atomic E-state index is 0.183. The van der Waals surface area contributed by atoms with Gasteiger partial charge in [0.1, 0.15) is 0 Å². The Balaban J connectivity index is 2.01. The van der Waals surface area contributed by atoms with Gasteiger partial charge in [0.25, 0.3) is 0 Å². The summed E-state index contributed by atoms with van der Waals surface area (Å²) in [6, 6.07) is 0. The number of aliphatic hydroxyl groups excluding tert-OH is 1. The Morgan fingerprint density at radius 1 is 1.64 bits per heavy atom. The molecule has 1 saturated carbocycles. The Hall–Kier alpha value is -0.520. The highest BCUT2D eigenvalue weighted by Gasteiger charge is 2.24. The van der Waals surface area contributed by atoms with Gasteiger partial charge >= 0.3 is 0 Å². The SMILES string of the molecule is C#CCNCC(O)C1CCC1. The highest BCUT2D eigenvalue weighted by atomic mass is 16.3. The van der Waals surface area contributed by atoms with Crippen molar-refractivity contribution in [1.82, 2.24) is 5.32 Å². The number of hydrogen-bond acceptors (Lipinski definition) is 2. The number of nitrogens with one attached hydrogen (secondary N) is 1. The zero-order valence-corrected chi connectivity index (χ0v) is 6.71. The highest BCUT2D eigenvalue weighted by Crippen LogP contribution is 2.29. The summed E-state index contributed by atoms with van der Waals surface area (Å²) in [5.74, 6) is 3.00. The van der Waals surface area contributed by atoms with Crippen molar-refractivity contribution < 1.29 is 5.11 Å². The third-order valence-electron chi connectivity index (χ3n) is 2.27. The lowest BCUT2D eigenvalue weighted by molar-refractivity contribution is 0.0634. The largest absolute Gasteiger partial charge is 0.392 e. The van der Waals surface area contributed by atoms with Gasteiger partial charge in [-0.25, -0.2) is 0 Å². The maximum absolute atomic E-state index is 9.46. The summed E-state index contributed by atoms with van der Waals surface area (Å²) >= 11 is 0. The van der Waals surface area contributed by atoms with Gasteiger partial charge in [0.2, 0.25) is 0 Å². The van der Waals surface area contributed by atoms with Crippen LogP contribution in [-0.2, 0) is 0 Å². The van der Waals surface area contributed by atoms with E-state index in [1.54, 1.807) is 0 Å². The topological polar surface area (TPSA) is 32.3 Å². The second-order valence-corrected chi connectivity index (χ2v) is 3.09. The number of aliphatic hydroxyl groups is 1. The van der Waals surface area contributed by atoms with Crippen molar-refractivity contribution in [2.24, 2.45) is 5.92 Å². The Labute approximate surface area is 68.0 Å². The fraction of sp³-hybridized carbons (Fsp3) is 0.778. The first-order chi connectivity index (χ1) is 5.34. The molecule has 1 aliphatic carbocycles. The van der Waals surface area contributed by atoms with Crippen molar-refractivity contribution in [3.63, 3.8) is 0 Å².